The molecule has 0 atom stereocenters. The standard InChI is InChI=1S/C11H8BrClN4O3/c1-14-11-15-5-7(12)10(16-11)20-9-4-6(13)2-3-8(9)17(18)19/h2-5H,1H3,(H,14,15,16). The summed E-state index contributed by atoms with van der Waals surface area (Å²) in [7, 11) is 1.65. The third-order valence-electron chi connectivity index (χ3n) is 2.26. The Hall–Kier alpha value is -1.93. The van der Waals surface area contributed by atoms with E-state index in [1.165, 1.54) is 24.4 Å². The van der Waals surface area contributed by atoms with Gasteiger partial charge in [0.2, 0.25) is 17.6 Å². The van der Waals surface area contributed by atoms with Gasteiger partial charge in [0.25, 0.3) is 0 Å². The predicted molar refractivity (Wildman–Crippen MR) is 77.5 cm³/mol. The van der Waals surface area contributed by atoms with E-state index in [4.69, 9.17) is 16.3 Å². The molecule has 0 aliphatic heterocycles. The van der Waals surface area contributed by atoms with Crippen molar-refractivity contribution in [3.8, 4) is 11.6 Å². The monoisotopic (exact) mass is 358 g/mol. The summed E-state index contributed by atoms with van der Waals surface area (Å²) < 4.78 is 5.92. The van der Waals surface area contributed by atoms with Crippen molar-refractivity contribution < 1.29 is 9.66 Å². The summed E-state index contributed by atoms with van der Waals surface area (Å²) in [5.74, 6) is 0.478. The summed E-state index contributed by atoms with van der Waals surface area (Å²) in [5, 5.41) is 14.0. The van der Waals surface area contributed by atoms with Gasteiger partial charge in [0.1, 0.15) is 0 Å². The van der Waals surface area contributed by atoms with Crippen LogP contribution in [0.4, 0.5) is 11.6 Å². The molecule has 1 N–H and O–H groups in total. The Labute approximate surface area is 127 Å². The van der Waals surface area contributed by atoms with Crippen molar-refractivity contribution in [1.82, 2.24) is 9.97 Å². The number of nitrogens with zero attached hydrogens (tertiary/aromatic N) is 3. The second-order valence-electron chi connectivity index (χ2n) is 3.57. The Morgan fingerprint density at radius 1 is 1.50 bits per heavy atom. The van der Waals surface area contributed by atoms with Crippen LogP contribution in [0.5, 0.6) is 11.6 Å². The van der Waals surface area contributed by atoms with Gasteiger partial charge < -0.3 is 10.1 Å². The predicted octanol–water partition coefficient (Wildman–Crippen LogP) is 3.63. The van der Waals surface area contributed by atoms with Crippen LogP contribution < -0.4 is 10.1 Å². The van der Waals surface area contributed by atoms with E-state index in [-0.39, 0.29) is 17.3 Å². The van der Waals surface area contributed by atoms with Crippen molar-refractivity contribution in [3.63, 3.8) is 0 Å². The van der Waals surface area contributed by atoms with E-state index < -0.39 is 4.92 Å². The second-order valence-corrected chi connectivity index (χ2v) is 4.86. The van der Waals surface area contributed by atoms with E-state index in [1.54, 1.807) is 7.05 Å². The summed E-state index contributed by atoms with van der Waals surface area (Å²) in [6.45, 7) is 0. The van der Waals surface area contributed by atoms with Crippen LogP contribution in [0.25, 0.3) is 0 Å². The fourth-order valence-corrected chi connectivity index (χ4v) is 1.80. The maximum Gasteiger partial charge on any atom is 0.311 e. The van der Waals surface area contributed by atoms with Crippen molar-refractivity contribution in [2.75, 3.05) is 12.4 Å². The van der Waals surface area contributed by atoms with Gasteiger partial charge >= 0.3 is 5.69 Å². The third kappa shape index (κ3) is 3.14. The summed E-state index contributed by atoms with van der Waals surface area (Å²) in [5.41, 5.74) is -0.203. The van der Waals surface area contributed by atoms with Crippen LogP contribution in [0.15, 0.2) is 28.9 Å². The first-order chi connectivity index (χ1) is 9.51. The van der Waals surface area contributed by atoms with Gasteiger partial charge in [-0.25, -0.2) is 4.98 Å². The van der Waals surface area contributed by atoms with Crippen molar-refractivity contribution in [3.05, 3.63) is 44.0 Å². The fraction of sp³-hybridized carbons (Fsp3) is 0.0909. The van der Waals surface area contributed by atoms with Crippen LogP contribution in [0.2, 0.25) is 5.02 Å². The van der Waals surface area contributed by atoms with E-state index in [0.29, 0.717) is 15.4 Å². The maximum atomic E-state index is 11.0. The van der Waals surface area contributed by atoms with Crippen molar-refractivity contribution in [2.24, 2.45) is 0 Å². The Bertz CT molecular complexity index is 668. The zero-order valence-corrected chi connectivity index (χ0v) is 12.5. The van der Waals surface area contributed by atoms with Crippen molar-refractivity contribution >= 4 is 39.2 Å². The van der Waals surface area contributed by atoms with Crippen LogP contribution >= 0.6 is 27.5 Å². The Kier molecular flexibility index (Phi) is 4.35. The number of nitro benzene ring substituents is 1. The molecule has 9 heteroatoms. The molecule has 1 heterocycles. The normalized spacial score (nSPS) is 10.2. The van der Waals surface area contributed by atoms with Crippen LogP contribution in [0.1, 0.15) is 0 Å². The zero-order valence-electron chi connectivity index (χ0n) is 10.1. The topological polar surface area (TPSA) is 90.2 Å². The molecule has 2 rings (SSSR count). The quantitative estimate of drug-likeness (QED) is 0.662. The number of rotatable bonds is 4. The SMILES string of the molecule is CNc1ncc(Br)c(Oc2cc(Cl)ccc2[N+](=O)[O-])n1. The van der Waals surface area contributed by atoms with E-state index in [1.807, 2.05) is 0 Å². The highest BCUT2D eigenvalue weighted by Crippen LogP contribution is 2.35. The molecule has 0 amide bonds. The highest BCUT2D eigenvalue weighted by Gasteiger charge is 2.18. The largest absolute Gasteiger partial charge is 0.430 e. The highest BCUT2D eigenvalue weighted by molar-refractivity contribution is 9.10. The Balaban J connectivity index is 2.43. The molecule has 20 heavy (non-hydrogen) atoms. The minimum Gasteiger partial charge on any atom is -0.430 e. The molecule has 0 radical (unpaired) electrons. The van der Waals surface area contributed by atoms with E-state index >= 15 is 0 Å². The van der Waals surface area contributed by atoms with Crippen LogP contribution in [0, 0.1) is 10.1 Å². The molecule has 0 aliphatic carbocycles. The first-order valence-electron chi connectivity index (χ1n) is 5.33. The number of nitro groups is 1. The lowest BCUT2D eigenvalue weighted by atomic mass is 10.3. The number of nitrogens with one attached hydrogen (secondary N) is 1. The van der Waals surface area contributed by atoms with Crippen molar-refractivity contribution in [1.29, 1.82) is 0 Å². The molecule has 0 aliphatic rings. The highest BCUT2D eigenvalue weighted by atomic mass is 79.9. The van der Waals surface area contributed by atoms with E-state index in [9.17, 15) is 10.1 Å². The molecule has 104 valence electrons. The average molecular weight is 360 g/mol. The van der Waals surface area contributed by atoms with Gasteiger partial charge in [-0.1, -0.05) is 11.6 Å². The molecule has 1 aromatic heterocycles. The number of ether oxygens (including phenoxy) is 1. The van der Waals surface area contributed by atoms with Crippen LogP contribution in [0.3, 0.4) is 0 Å². The lowest BCUT2D eigenvalue weighted by Gasteiger charge is -2.08. The van der Waals surface area contributed by atoms with Gasteiger partial charge in [-0.3, -0.25) is 10.1 Å². The Morgan fingerprint density at radius 2 is 2.25 bits per heavy atom. The molecule has 0 unspecified atom stereocenters. The molecule has 7 nitrogen and oxygen atoms in total. The third-order valence-corrected chi connectivity index (χ3v) is 3.04. The molecule has 0 bridgehead atoms. The number of aromatic nitrogens is 2. The number of anilines is 1. The van der Waals surface area contributed by atoms with E-state index in [0.717, 1.165) is 0 Å². The van der Waals surface area contributed by atoms with Gasteiger partial charge in [0.05, 0.1) is 15.6 Å². The zero-order chi connectivity index (χ0) is 14.7. The second kappa shape index (κ2) is 6.02. The molecular weight excluding hydrogens is 352 g/mol. The number of hydrogen-bond acceptors (Lipinski definition) is 6. The summed E-state index contributed by atoms with van der Waals surface area (Å²) in [6.07, 6.45) is 1.48. The number of benzene rings is 1. The average Bonchev–Trinajstić information content (AvgIpc) is 2.41. The molecule has 0 saturated carbocycles. The number of hydrogen-bond donors (Lipinski definition) is 1. The van der Waals surface area contributed by atoms with Gasteiger partial charge in [-0.15, -0.1) is 0 Å². The Morgan fingerprint density at radius 3 is 2.90 bits per heavy atom. The summed E-state index contributed by atoms with van der Waals surface area (Å²) in [6, 6.07) is 4.04. The van der Waals surface area contributed by atoms with Crippen LogP contribution in [-0.4, -0.2) is 21.9 Å². The lowest BCUT2D eigenvalue weighted by Crippen LogP contribution is -2.00. The van der Waals surface area contributed by atoms with Gasteiger partial charge in [-0.2, -0.15) is 4.98 Å². The molecule has 0 fully saturated rings. The van der Waals surface area contributed by atoms with Gasteiger partial charge in [-0.05, 0) is 22.0 Å². The summed E-state index contributed by atoms with van der Waals surface area (Å²) >= 11 is 9.04. The van der Waals surface area contributed by atoms with E-state index in [2.05, 4.69) is 31.2 Å². The van der Waals surface area contributed by atoms with Crippen molar-refractivity contribution in [2.45, 2.75) is 0 Å². The molecule has 1 aromatic carbocycles. The van der Waals surface area contributed by atoms with Gasteiger partial charge in [0, 0.05) is 24.2 Å². The minimum atomic E-state index is -0.556. The van der Waals surface area contributed by atoms with Gasteiger partial charge in [0.15, 0.2) is 0 Å². The minimum absolute atomic E-state index is 0.00366. The lowest BCUT2D eigenvalue weighted by molar-refractivity contribution is -0.385. The summed E-state index contributed by atoms with van der Waals surface area (Å²) in [4.78, 5) is 18.4. The first-order valence-corrected chi connectivity index (χ1v) is 6.50. The molecular formula is C11H8BrClN4O3. The van der Waals surface area contributed by atoms with Crippen LogP contribution in [-0.2, 0) is 0 Å². The smallest absolute Gasteiger partial charge is 0.311 e. The fourth-order valence-electron chi connectivity index (χ4n) is 1.37. The molecule has 0 saturated heterocycles. The molecule has 2 aromatic rings. The maximum absolute atomic E-state index is 11.0. The molecule has 0 spiro atoms. The number of halogens is 2. The first kappa shape index (κ1) is 14.5.